The monoisotopic (exact) mass is 484 g/mol. The van der Waals surface area contributed by atoms with Gasteiger partial charge in [0, 0.05) is 26.2 Å². The average molecular weight is 485 g/mol. The molecule has 2 aliphatic rings. The number of imide groups is 1. The lowest BCUT2D eigenvalue weighted by molar-refractivity contribution is -0.132. The van der Waals surface area contributed by atoms with E-state index in [1.807, 2.05) is 47.4 Å². The first-order chi connectivity index (χ1) is 16.1. The SMILES string of the molecule is CC(C)c1ccc([C@@]2(C)NC(=O)N(CN3CCN(S(=O)(=O)Cc4ccccc4)CC3)C2=O)cc1. The number of carbonyl (C=O) groups excluding carboxylic acids is 2. The van der Waals surface area contributed by atoms with Gasteiger partial charge in [0.25, 0.3) is 5.91 Å². The predicted molar refractivity (Wildman–Crippen MR) is 130 cm³/mol. The lowest BCUT2D eigenvalue weighted by atomic mass is 9.90. The van der Waals surface area contributed by atoms with Gasteiger partial charge in [-0.3, -0.25) is 9.69 Å². The van der Waals surface area contributed by atoms with Crippen molar-refractivity contribution in [1.29, 1.82) is 0 Å². The smallest absolute Gasteiger partial charge is 0.319 e. The van der Waals surface area contributed by atoms with E-state index in [0.717, 1.165) is 11.1 Å². The molecule has 2 aliphatic heterocycles. The summed E-state index contributed by atoms with van der Waals surface area (Å²) in [5, 5.41) is 2.85. The van der Waals surface area contributed by atoms with Crippen molar-refractivity contribution in [2.45, 2.75) is 38.0 Å². The van der Waals surface area contributed by atoms with Crippen LogP contribution in [0.25, 0.3) is 0 Å². The van der Waals surface area contributed by atoms with Gasteiger partial charge in [-0.05, 0) is 29.5 Å². The second-order valence-electron chi connectivity index (χ2n) is 9.47. The molecule has 182 valence electrons. The van der Waals surface area contributed by atoms with Gasteiger partial charge < -0.3 is 5.32 Å². The Morgan fingerprint density at radius 3 is 2.15 bits per heavy atom. The molecular formula is C25H32N4O4S. The molecule has 2 fully saturated rings. The van der Waals surface area contributed by atoms with Crippen LogP contribution in [0.4, 0.5) is 4.79 Å². The predicted octanol–water partition coefficient (Wildman–Crippen LogP) is 2.68. The van der Waals surface area contributed by atoms with Crippen molar-refractivity contribution in [3.05, 3.63) is 71.3 Å². The van der Waals surface area contributed by atoms with Crippen LogP contribution in [0.2, 0.25) is 0 Å². The summed E-state index contributed by atoms with van der Waals surface area (Å²) >= 11 is 0. The minimum Gasteiger partial charge on any atom is -0.319 e. The summed E-state index contributed by atoms with van der Waals surface area (Å²) in [6.07, 6.45) is 0. The highest BCUT2D eigenvalue weighted by Gasteiger charge is 2.49. The Morgan fingerprint density at radius 1 is 0.941 bits per heavy atom. The van der Waals surface area contributed by atoms with E-state index in [2.05, 4.69) is 19.2 Å². The van der Waals surface area contributed by atoms with Crippen molar-refractivity contribution in [3.63, 3.8) is 0 Å². The van der Waals surface area contributed by atoms with Crippen LogP contribution in [0.15, 0.2) is 54.6 Å². The van der Waals surface area contributed by atoms with Crippen molar-refractivity contribution in [3.8, 4) is 0 Å². The summed E-state index contributed by atoms with van der Waals surface area (Å²) in [6.45, 7) is 7.62. The second-order valence-corrected chi connectivity index (χ2v) is 11.4. The maximum atomic E-state index is 13.3. The van der Waals surface area contributed by atoms with Crippen LogP contribution in [0.5, 0.6) is 0 Å². The van der Waals surface area contributed by atoms with E-state index in [1.165, 1.54) is 14.8 Å². The lowest BCUT2D eigenvalue weighted by Crippen LogP contribution is -2.53. The molecule has 34 heavy (non-hydrogen) atoms. The normalized spacial score (nSPS) is 22.4. The summed E-state index contributed by atoms with van der Waals surface area (Å²) in [6, 6.07) is 16.5. The summed E-state index contributed by atoms with van der Waals surface area (Å²) in [5.41, 5.74) is 1.55. The highest BCUT2D eigenvalue weighted by Crippen LogP contribution is 2.30. The average Bonchev–Trinajstić information content (AvgIpc) is 3.03. The quantitative estimate of drug-likeness (QED) is 0.611. The van der Waals surface area contributed by atoms with E-state index in [0.29, 0.717) is 32.1 Å². The van der Waals surface area contributed by atoms with E-state index in [1.54, 1.807) is 19.1 Å². The fraction of sp³-hybridized carbons (Fsp3) is 0.440. The summed E-state index contributed by atoms with van der Waals surface area (Å²) in [5.74, 6) is 0.0470. The van der Waals surface area contributed by atoms with Gasteiger partial charge in [0.15, 0.2) is 0 Å². The fourth-order valence-corrected chi connectivity index (χ4v) is 5.96. The molecule has 1 N–H and O–H groups in total. The van der Waals surface area contributed by atoms with Crippen LogP contribution in [-0.2, 0) is 26.1 Å². The molecule has 2 saturated heterocycles. The Labute approximate surface area is 201 Å². The standard InChI is InChI=1S/C25H32N4O4S/c1-19(2)21-9-11-22(12-10-21)25(3)23(30)29(24(31)26-25)18-27-13-15-28(16-14-27)34(32,33)17-20-7-5-4-6-8-20/h4-12,19H,13-18H2,1-3H3,(H,26,31)/t25-/m1/s1. The van der Waals surface area contributed by atoms with E-state index in [9.17, 15) is 18.0 Å². The maximum Gasteiger partial charge on any atom is 0.326 e. The number of urea groups is 1. The second kappa shape index (κ2) is 9.48. The third-order valence-electron chi connectivity index (χ3n) is 6.69. The van der Waals surface area contributed by atoms with Gasteiger partial charge in [-0.1, -0.05) is 68.4 Å². The zero-order chi connectivity index (χ0) is 24.5. The van der Waals surface area contributed by atoms with Crippen molar-refractivity contribution in [2.75, 3.05) is 32.8 Å². The van der Waals surface area contributed by atoms with Crippen LogP contribution >= 0.6 is 0 Å². The molecule has 1 atom stereocenters. The molecule has 0 aromatic heterocycles. The Morgan fingerprint density at radius 2 is 1.56 bits per heavy atom. The van der Waals surface area contributed by atoms with Crippen molar-refractivity contribution >= 4 is 22.0 Å². The van der Waals surface area contributed by atoms with Crippen molar-refractivity contribution in [1.82, 2.24) is 19.4 Å². The molecule has 3 amide bonds. The molecule has 0 bridgehead atoms. The molecule has 2 heterocycles. The van der Waals surface area contributed by atoms with E-state index >= 15 is 0 Å². The molecule has 0 aliphatic carbocycles. The van der Waals surface area contributed by atoms with Crippen LogP contribution < -0.4 is 5.32 Å². The number of hydrogen-bond acceptors (Lipinski definition) is 5. The topological polar surface area (TPSA) is 90.0 Å². The highest BCUT2D eigenvalue weighted by molar-refractivity contribution is 7.88. The first kappa shape index (κ1) is 24.4. The van der Waals surface area contributed by atoms with Gasteiger partial charge in [0.05, 0.1) is 12.4 Å². The van der Waals surface area contributed by atoms with Gasteiger partial charge in [-0.15, -0.1) is 0 Å². The molecule has 2 aromatic carbocycles. The molecule has 0 spiro atoms. The largest absolute Gasteiger partial charge is 0.326 e. The third-order valence-corrected chi connectivity index (χ3v) is 8.54. The molecular weight excluding hydrogens is 452 g/mol. The van der Waals surface area contributed by atoms with Crippen LogP contribution in [0, 0.1) is 0 Å². The van der Waals surface area contributed by atoms with E-state index in [-0.39, 0.29) is 18.3 Å². The third kappa shape index (κ3) is 4.87. The highest BCUT2D eigenvalue weighted by atomic mass is 32.2. The minimum atomic E-state index is -3.43. The fourth-order valence-electron chi connectivity index (χ4n) is 4.45. The number of benzene rings is 2. The maximum absolute atomic E-state index is 13.3. The number of rotatable bonds is 7. The zero-order valence-corrected chi connectivity index (χ0v) is 20.7. The van der Waals surface area contributed by atoms with Crippen LogP contribution in [0.1, 0.15) is 43.4 Å². The number of piperazine rings is 1. The molecule has 8 nitrogen and oxygen atoms in total. The molecule has 9 heteroatoms. The number of amides is 3. The molecule has 2 aromatic rings. The lowest BCUT2D eigenvalue weighted by Gasteiger charge is -2.35. The summed E-state index contributed by atoms with van der Waals surface area (Å²) < 4.78 is 27.1. The van der Waals surface area contributed by atoms with E-state index in [4.69, 9.17) is 0 Å². The summed E-state index contributed by atoms with van der Waals surface area (Å²) in [4.78, 5) is 29.1. The van der Waals surface area contributed by atoms with Crippen molar-refractivity contribution in [2.24, 2.45) is 0 Å². The van der Waals surface area contributed by atoms with Crippen LogP contribution in [0.3, 0.4) is 0 Å². The number of hydrogen-bond donors (Lipinski definition) is 1. The Kier molecular flexibility index (Phi) is 6.80. The minimum absolute atomic E-state index is 0.0329. The number of nitrogens with zero attached hydrogens (tertiary/aromatic N) is 3. The number of nitrogens with one attached hydrogen (secondary N) is 1. The van der Waals surface area contributed by atoms with E-state index < -0.39 is 21.6 Å². The van der Waals surface area contributed by atoms with Gasteiger partial charge in [0.1, 0.15) is 5.54 Å². The summed E-state index contributed by atoms with van der Waals surface area (Å²) in [7, 11) is -3.43. The first-order valence-electron chi connectivity index (χ1n) is 11.6. The zero-order valence-electron chi connectivity index (χ0n) is 19.9. The van der Waals surface area contributed by atoms with Gasteiger partial charge in [-0.25, -0.2) is 18.1 Å². The van der Waals surface area contributed by atoms with Gasteiger partial charge >= 0.3 is 6.03 Å². The Balaban J connectivity index is 1.37. The first-order valence-corrected chi connectivity index (χ1v) is 13.2. The Hall–Kier alpha value is -2.75. The molecule has 4 rings (SSSR count). The molecule has 0 saturated carbocycles. The van der Waals surface area contributed by atoms with Crippen LogP contribution in [-0.4, -0.2) is 67.3 Å². The van der Waals surface area contributed by atoms with Gasteiger partial charge in [0.2, 0.25) is 10.0 Å². The van der Waals surface area contributed by atoms with Crippen molar-refractivity contribution < 1.29 is 18.0 Å². The Bertz CT molecular complexity index is 1140. The number of carbonyl (C=O) groups is 2. The van der Waals surface area contributed by atoms with Gasteiger partial charge in [-0.2, -0.15) is 4.31 Å². The number of sulfonamides is 1. The molecule has 0 radical (unpaired) electrons. The molecule has 0 unspecified atom stereocenters.